The number of benzene rings is 2. The van der Waals surface area contributed by atoms with Crippen LogP contribution >= 0.6 is 0 Å². The van der Waals surface area contributed by atoms with E-state index in [1.165, 1.54) is 18.2 Å². The first-order valence-corrected chi connectivity index (χ1v) is 12.0. The predicted molar refractivity (Wildman–Crippen MR) is 119 cm³/mol. The molecule has 0 saturated carbocycles. The lowest BCUT2D eigenvalue weighted by Crippen LogP contribution is -2.38. The van der Waals surface area contributed by atoms with Gasteiger partial charge in [0.15, 0.2) is 0 Å². The minimum atomic E-state index is -4.20. The van der Waals surface area contributed by atoms with E-state index in [-0.39, 0.29) is 24.8 Å². The second-order valence-electron chi connectivity index (χ2n) is 7.67. The molecule has 1 aliphatic heterocycles. The summed E-state index contributed by atoms with van der Waals surface area (Å²) in [5.41, 5.74) is 0.469. The molecule has 1 fully saturated rings. The number of aromatic amines is 1. The monoisotopic (exact) mass is 460 g/mol. The molecule has 1 atom stereocenters. The van der Waals surface area contributed by atoms with Gasteiger partial charge in [0.1, 0.15) is 16.5 Å². The summed E-state index contributed by atoms with van der Waals surface area (Å²) in [5.74, 6) is -0.188. The quantitative estimate of drug-likeness (QED) is 0.556. The maximum atomic E-state index is 14.4. The van der Waals surface area contributed by atoms with E-state index < -0.39 is 26.3 Å². The number of aromatic nitrogens is 1. The van der Waals surface area contributed by atoms with Crippen molar-refractivity contribution in [3.8, 4) is 5.75 Å². The minimum absolute atomic E-state index is 0.0349. The Morgan fingerprint density at radius 2 is 2.03 bits per heavy atom. The van der Waals surface area contributed by atoms with Crippen LogP contribution in [0.2, 0.25) is 0 Å². The van der Waals surface area contributed by atoms with Crippen LogP contribution in [-0.2, 0) is 21.3 Å². The molecule has 0 aliphatic carbocycles. The minimum Gasteiger partial charge on any atom is -0.494 e. The largest absolute Gasteiger partial charge is 0.494 e. The Hall–Kier alpha value is -2.75. The third-order valence-corrected chi connectivity index (χ3v) is 7.28. The van der Waals surface area contributed by atoms with E-state index in [4.69, 9.17) is 9.47 Å². The van der Waals surface area contributed by atoms with Gasteiger partial charge >= 0.3 is 0 Å². The molecule has 1 aromatic heterocycles. The van der Waals surface area contributed by atoms with Crippen LogP contribution in [0, 0.1) is 5.82 Å². The molecule has 0 spiro atoms. The van der Waals surface area contributed by atoms with Gasteiger partial charge in [-0.25, -0.2) is 12.8 Å². The number of hydrogen-bond donors (Lipinski definition) is 1. The maximum Gasteiger partial charge on any atom is 0.252 e. The predicted octanol–water partition coefficient (Wildman–Crippen LogP) is 3.44. The lowest BCUT2D eigenvalue weighted by Gasteiger charge is -2.25. The van der Waals surface area contributed by atoms with Crippen LogP contribution in [0.4, 0.5) is 4.39 Å². The number of H-pyrrole nitrogens is 1. The zero-order chi connectivity index (χ0) is 22.7. The van der Waals surface area contributed by atoms with Crippen LogP contribution in [0.25, 0.3) is 10.9 Å². The summed E-state index contributed by atoms with van der Waals surface area (Å²) in [6.45, 7) is 2.75. The van der Waals surface area contributed by atoms with Gasteiger partial charge in [-0.2, -0.15) is 4.31 Å². The lowest BCUT2D eigenvalue weighted by molar-refractivity contribution is 0.0925. The van der Waals surface area contributed by atoms with Gasteiger partial charge in [-0.15, -0.1) is 0 Å². The highest BCUT2D eigenvalue weighted by Gasteiger charge is 2.31. The molecule has 1 N–H and O–H groups in total. The molecule has 3 aromatic rings. The molecule has 0 amide bonds. The van der Waals surface area contributed by atoms with E-state index >= 15 is 0 Å². The highest BCUT2D eigenvalue weighted by atomic mass is 32.2. The number of sulfonamides is 1. The Balaban J connectivity index is 1.73. The van der Waals surface area contributed by atoms with Crippen molar-refractivity contribution in [2.24, 2.45) is 0 Å². The average molecular weight is 461 g/mol. The molecule has 9 heteroatoms. The van der Waals surface area contributed by atoms with Gasteiger partial charge in [0.2, 0.25) is 10.0 Å². The third-order valence-electron chi connectivity index (χ3n) is 5.44. The van der Waals surface area contributed by atoms with Crippen LogP contribution in [0.15, 0.2) is 58.2 Å². The molecule has 32 heavy (non-hydrogen) atoms. The van der Waals surface area contributed by atoms with Gasteiger partial charge in [-0.1, -0.05) is 12.1 Å². The summed E-state index contributed by atoms with van der Waals surface area (Å²) in [5, 5.41) is 0.714. The molecule has 0 radical (unpaired) electrons. The molecule has 1 saturated heterocycles. The Bertz CT molecular complexity index is 1270. The van der Waals surface area contributed by atoms with Gasteiger partial charge in [-0.05, 0) is 56.2 Å². The molecule has 0 bridgehead atoms. The van der Waals surface area contributed by atoms with Crippen LogP contribution in [0.3, 0.4) is 0 Å². The number of nitrogens with one attached hydrogen (secondary N) is 1. The molecule has 2 aromatic carbocycles. The van der Waals surface area contributed by atoms with Gasteiger partial charge in [0, 0.05) is 36.2 Å². The van der Waals surface area contributed by atoms with Crippen molar-refractivity contribution in [2.45, 2.75) is 37.3 Å². The van der Waals surface area contributed by atoms with Gasteiger partial charge in [0.25, 0.3) is 5.56 Å². The summed E-state index contributed by atoms with van der Waals surface area (Å²) in [7, 11) is -4.20. The average Bonchev–Trinajstić information content (AvgIpc) is 3.27. The van der Waals surface area contributed by atoms with Crippen molar-refractivity contribution in [2.75, 3.05) is 19.8 Å². The molecular formula is C23H25FN2O5S. The fourth-order valence-electron chi connectivity index (χ4n) is 3.85. The fourth-order valence-corrected chi connectivity index (χ4v) is 5.36. The Kier molecular flexibility index (Phi) is 6.59. The highest BCUT2D eigenvalue weighted by Crippen LogP contribution is 2.25. The molecule has 1 unspecified atom stereocenters. The fraction of sp³-hybridized carbons (Fsp3) is 0.348. The van der Waals surface area contributed by atoms with E-state index in [0.717, 1.165) is 16.8 Å². The zero-order valence-electron chi connectivity index (χ0n) is 17.7. The number of hydrogen-bond acceptors (Lipinski definition) is 5. The smallest absolute Gasteiger partial charge is 0.252 e. The first-order valence-electron chi connectivity index (χ1n) is 10.5. The SMILES string of the molecule is CCOc1ccc2[nH]c(=O)c(CN(CC3CCCO3)S(=O)(=O)c3ccccc3F)cc2c1. The normalized spacial score (nSPS) is 16.7. The van der Waals surface area contributed by atoms with Crippen molar-refractivity contribution in [1.29, 1.82) is 0 Å². The van der Waals surface area contributed by atoms with Crippen LogP contribution in [0.1, 0.15) is 25.3 Å². The molecule has 1 aliphatic rings. The molecule has 4 rings (SSSR count). The second-order valence-corrected chi connectivity index (χ2v) is 9.58. The first-order chi connectivity index (χ1) is 15.4. The van der Waals surface area contributed by atoms with E-state index in [0.29, 0.717) is 36.3 Å². The summed E-state index contributed by atoms with van der Waals surface area (Å²) in [4.78, 5) is 15.1. The van der Waals surface area contributed by atoms with E-state index in [1.54, 1.807) is 24.3 Å². The summed E-state index contributed by atoms with van der Waals surface area (Å²) < 4.78 is 53.4. The van der Waals surface area contributed by atoms with Crippen molar-refractivity contribution < 1.29 is 22.3 Å². The maximum absolute atomic E-state index is 14.4. The first kappa shape index (κ1) is 22.4. The number of rotatable bonds is 8. The molecular weight excluding hydrogens is 435 g/mol. The summed E-state index contributed by atoms with van der Waals surface area (Å²) in [6.07, 6.45) is 1.23. The number of nitrogens with zero attached hydrogens (tertiary/aromatic N) is 1. The van der Waals surface area contributed by atoms with Gasteiger partial charge in [-0.3, -0.25) is 4.79 Å². The Morgan fingerprint density at radius 3 is 2.75 bits per heavy atom. The highest BCUT2D eigenvalue weighted by molar-refractivity contribution is 7.89. The zero-order valence-corrected chi connectivity index (χ0v) is 18.5. The van der Waals surface area contributed by atoms with E-state index in [1.807, 2.05) is 6.92 Å². The number of ether oxygens (including phenoxy) is 2. The molecule has 7 nitrogen and oxygen atoms in total. The summed E-state index contributed by atoms with van der Waals surface area (Å²) >= 11 is 0. The Morgan fingerprint density at radius 1 is 1.22 bits per heavy atom. The van der Waals surface area contributed by atoms with Crippen molar-refractivity contribution in [3.05, 3.63) is 70.3 Å². The van der Waals surface area contributed by atoms with E-state index in [9.17, 15) is 17.6 Å². The molecule has 170 valence electrons. The van der Waals surface area contributed by atoms with Crippen LogP contribution < -0.4 is 10.3 Å². The Labute approximate surface area is 185 Å². The second kappa shape index (κ2) is 9.40. The molecule has 2 heterocycles. The standard InChI is InChI=1S/C23H25FN2O5S/c1-2-30-18-9-10-21-16(13-18)12-17(23(27)25-21)14-26(15-19-6-5-11-31-19)32(28,29)22-8-4-3-7-20(22)24/h3-4,7-10,12-13,19H,2,5-6,11,14-15H2,1H3,(H,25,27). The van der Waals surface area contributed by atoms with Crippen molar-refractivity contribution in [3.63, 3.8) is 0 Å². The van der Waals surface area contributed by atoms with Crippen molar-refractivity contribution in [1.82, 2.24) is 9.29 Å². The van der Waals surface area contributed by atoms with Crippen LogP contribution in [-0.4, -0.2) is 43.6 Å². The number of pyridine rings is 1. The number of fused-ring (bicyclic) bond motifs is 1. The third kappa shape index (κ3) is 4.69. The van der Waals surface area contributed by atoms with E-state index in [2.05, 4.69) is 4.98 Å². The topological polar surface area (TPSA) is 88.7 Å². The van der Waals surface area contributed by atoms with Gasteiger partial charge < -0.3 is 14.5 Å². The van der Waals surface area contributed by atoms with Gasteiger partial charge in [0.05, 0.1) is 12.7 Å². The van der Waals surface area contributed by atoms with Crippen molar-refractivity contribution >= 4 is 20.9 Å². The lowest BCUT2D eigenvalue weighted by atomic mass is 10.1. The summed E-state index contributed by atoms with van der Waals surface area (Å²) in [6, 6.07) is 12.2. The van der Waals surface area contributed by atoms with Crippen LogP contribution in [0.5, 0.6) is 5.75 Å². The number of halogens is 1.